The van der Waals surface area contributed by atoms with Gasteiger partial charge in [0.05, 0.1) is 17.1 Å². The Labute approximate surface area is 118 Å². The van der Waals surface area contributed by atoms with Crippen LogP contribution in [-0.4, -0.2) is 38.1 Å². The van der Waals surface area contributed by atoms with Gasteiger partial charge in [0.25, 0.3) is 0 Å². The summed E-state index contributed by atoms with van der Waals surface area (Å²) in [5.74, 6) is -0.509. The molecule has 4 N–H and O–H groups in total. The molecule has 1 heterocycles. The summed E-state index contributed by atoms with van der Waals surface area (Å²) in [6.07, 6.45) is 2.05. The molecule has 0 aromatic heterocycles. The molecule has 6 heteroatoms. The summed E-state index contributed by atoms with van der Waals surface area (Å²) in [5, 5.41) is -0.0419. The van der Waals surface area contributed by atoms with Gasteiger partial charge in [0.2, 0.25) is 0 Å². The van der Waals surface area contributed by atoms with E-state index in [4.69, 9.17) is 23.1 Å². The van der Waals surface area contributed by atoms with Gasteiger partial charge in [0, 0.05) is 19.1 Å². The first-order valence-corrected chi connectivity index (χ1v) is 6.74. The number of hydrogen-bond donors (Lipinski definition) is 2. The van der Waals surface area contributed by atoms with Gasteiger partial charge in [-0.2, -0.15) is 0 Å². The van der Waals surface area contributed by atoms with E-state index in [9.17, 15) is 4.39 Å². The Bertz CT molecular complexity index is 478. The fourth-order valence-electron chi connectivity index (χ4n) is 2.69. The Morgan fingerprint density at radius 3 is 2.74 bits per heavy atom. The average Bonchev–Trinajstić information content (AvgIpc) is 2.74. The lowest BCUT2D eigenvalue weighted by Crippen LogP contribution is -2.38. The Morgan fingerprint density at radius 1 is 1.42 bits per heavy atom. The summed E-state index contributed by atoms with van der Waals surface area (Å²) in [5.41, 5.74) is 12.5. The number of nitrogen functional groups attached to an aromatic ring is 2. The van der Waals surface area contributed by atoms with Crippen LogP contribution in [0.4, 0.5) is 21.5 Å². The maximum atomic E-state index is 14.3. The monoisotopic (exact) mass is 286 g/mol. The third-order valence-corrected chi connectivity index (χ3v) is 3.86. The van der Waals surface area contributed by atoms with Gasteiger partial charge in [0.15, 0.2) is 5.82 Å². The molecule has 0 amide bonds. The molecule has 0 aliphatic carbocycles. The normalized spacial score (nSPS) is 19.4. The fourth-order valence-corrected chi connectivity index (χ4v) is 2.83. The maximum Gasteiger partial charge on any atom is 0.169 e. The van der Waals surface area contributed by atoms with Crippen LogP contribution in [0.2, 0.25) is 5.02 Å². The van der Waals surface area contributed by atoms with Crippen LogP contribution in [0.5, 0.6) is 0 Å². The van der Waals surface area contributed by atoms with Crippen molar-refractivity contribution in [2.75, 3.05) is 43.6 Å². The largest absolute Gasteiger partial charge is 0.397 e. The van der Waals surface area contributed by atoms with Crippen LogP contribution in [0.3, 0.4) is 0 Å². The van der Waals surface area contributed by atoms with Crippen molar-refractivity contribution in [3.8, 4) is 0 Å². The highest BCUT2D eigenvalue weighted by atomic mass is 35.5. The number of hydrogen-bond acceptors (Lipinski definition) is 4. The average molecular weight is 287 g/mol. The molecule has 0 radical (unpaired) electrons. The molecule has 1 unspecified atom stereocenters. The minimum Gasteiger partial charge on any atom is -0.397 e. The number of nitrogens with zero attached hydrogens (tertiary/aromatic N) is 2. The Balaban J connectivity index is 2.38. The third kappa shape index (κ3) is 2.72. The minimum absolute atomic E-state index is 0.0419. The number of halogens is 2. The number of nitrogens with two attached hydrogens (primary N) is 2. The summed E-state index contributed by atoms with van der Waals surface area (Å²) >= 11 is 5.89. The maximum absolute atomic E-state index is 14.3. The first-order valence-electron chi connectivity index (χ1n) is 6.36. The van der Waals surface area contributed by atoms with Gasteiger partial charge in [-0.3, -0.25) is 0 Å². The predicted octanol–water partition coefficient (Wildman–Crippen LogP) is 2.17. The van der Waals surface area contributed by atoms with Crippen molar-refractivity contribution >= 4 is 28.7 Å². The van der Waals surface area contributed by atoms with Crippen molar-refractivity contribution < 1.29 is 4.39 Å². The quantitative estimate of drug-likeness (QED) is 0.836. The standard InChI is InChI=1S/C13H20ClFN4/c1-18(2)7-8-4-3-5-19(8)13-10(17)6-9(16)11(14)12(13)15/h6,8H,3-5,7,16-17H2,1-2H3. The van der Waals surface area contributed by atoms with Crippen LogP contribution >= 0.6 is 11.6 Å². The second-order valence-corrected chi connectivity index (χ2v) is 5.66. The van der Waals surface area contributed by atoms with Crippen LogP contribution < -0.4 is 16.4 Å². The van der Waals surface area contributed by atoms with Gasteiger partial charge in [-0.15, -0.1) is 0 Å². The van der Waals surface area contributed by atoms with E-state index >= 15 is 0 Å². The lowest BCUT2D eigenvalue weighted by molar-refractivity contribution is 0.371. The second kappa shape index (κ2) is 5.43. The zero-order chi connectivity index (χ0) is 14.2. The highest BCUT2D eigenvalue weighted by Crippen LogP contribution is 2.39. The van der Waals surface area contributed by atoms with Gasteiger partial charge in [-0.1, -0.05) is 11.6 Å². The first-order chi connectivity index (χ1) is 8.91. The Morgan fingerprint density at radius 2 is 2.11 bits per heavy atom. The van der Waals surface area contributed by atoms with Crippen molar-refractivity contribution in [2.45, 2.75) is 18.9 Å². The topological polar surface area (TPSA) is 58.5 Å². The van der Waals surface area contributed by atoms with E-state index in [1.165, 1.54) is 6.07 Å². The lowest BCUT2D eigenvalue weighted by atomic mass is 10.1. The van der Waals surface area contributed by atoms with Gasteiger partial charge >= 0.3 is 0 Å². The van der Waals surface area contributed by atoms with Crippen molar-refractivity contribution in [2.24, 2.45) is 0 Å². The van der Waals surface area contributed by atoms with Gasteiger partial charge < -0.3 is 21.3 Å². The highest BCUT2D eigenvalue weighted by Gasteiger charge is 2.30. The molecule has 1 aliphatic heterocycles. The summed E-state index contributed by atoms with van der Waals surface area (Å²) in [6.45, 7) is 1.65. The van der Waals surface area contributed by atoms with Crippen LogP contribution in [-0.2, 0) is 0 Å². The van der Waals surface area contributed by atoms with E-state index in [2.05, 4.69) is 4.90 Å². The highest BCUT2D eigenvalue weighted by molar-refractivity contribution is 6.33. The molecule has 4 nitrogen and oxygen atoms in total. The van der Waals surface area contributed by atoms with Crippen molar-refractivity contribution in [1.82, 2.24) is 4.90 Å². The molecule has 0 bridgehead atoms. The molecule has 1 fully saturated rings. The molecule has 1 aliphatic rings. The third-order valence-electron chi connectivity index (χ3n) is 3.48. The molecule has 1 aromatic carbocycles. The second-order valence-electron chi connectivity index (χ2n) is 5.28. The molecular formula is C13H20ClFN4. The summed E-state index contributed by atoms with van der Waals surface area (Å²) < 4.78 is 14.3. The molecule has 1 atom stereocenters. The summed E-state index contributed by atoms with van der Waals surface area (Å²) in [4.78, 5) is 4.10. The SMILES string of the molecule is CN(C)CC1CCCN1c1c(N)cc(N)c(Cl)c1F. The van der Waals surface area contributed by atoms with Crippen molar-refractivity contribution in [3.05, 3.63) is 16.9 Å². The first kappa shape index (κ1) is 14.2. The zero-order valence-electron chi connectivity index (χ0n) is 11.3. The number of anilines is 3. The molecule has 2 rings (SSSR count). The van der Waals surface area contributed by atoms with Crippen LogP contribution in [0.1, 0.15) is 12.8 Å². The van der Waals surface area contributed by atoms with Gasteiger partial charge in [-0.05, 0) is 33.0 Å². The summed E-state index contributed by atoms with van der Waals surface area (Å²) in [7, 11) is 4.01. The van der Waals surface area contributed by atoms with E-state index in [-0.39, 0.29) is 16.8 Å². The fraction of sp³-hybridized carbons (Fsp3) is 0.538. The molecule has 19 heavy (non-hydrogen) atoms. The number of rotatable bonds is 3. The molecule has 0 saturated carbocycles. The minimum atomic E-state index is -0.509. The van der Waals surface area contributed by atoms with Crippen molar-refractivity contribution in [1.29, 1.82) is 0 Å². The molecular weight excluding hydrogens is 267 g/mol. The van der Waals surface area contributed by atoms with Crippen molar-refractivity contribution in [3.63, 3.8) is 0 Å². The molecule has 1 aromatic rings. The van der Waals surface area contributed by atoms with Crippen LogP contribution in [0.25, 0.3) is 0 Å². The lowest BCUT2D eigenvalue weighted by Gasteiger charge is -2.30. The number of benzene rings is 1. The van der Waals surface area contributed by atoms with E-state index in [1.54, 1.807) is 0 Å². The number of likely N-dealkylation sites (N-methyl/N-ethyl adjacent to an activating group) is 1. The van der Waals surface area contributed by atoms with E-state index < -0.39 is 5.82 Å². The van der Waals surface area contributed by atoms with Gasteiger partial charge in [0.1, 0.15) is 5.02 Å². The Hall–Kier alpha value is -1.20. The smallest absolute Gasteiger partial charge is 0.169 e. The molecule has 106 valence electrons. The van der Waals surface area contributed by atoms with E-state index in [1.807, 2.05) is 19.0 Å². The summed E-state index contributed by atoms with van der Waals surface area (Å²) in [6, 6.07) is 1.79. The zero-order valence-corrected chi connectivity index (χ0v) is 12.0. The Kier molecular flexibility index (Phi) is 4.06. The van der Waals surface area contributed by atoms with Gasteiger partial charge in [-0.25, -0.2) is 4.39 Å². The van der Waals surface area contributed by atoms with Crippen LogP contribution in [0, 0.1) is 5.82 Å². The predicted molar refractivity (Wildman–Crippen MR) is 79.2 cm³/mol. The van der Waals surface area contributed by atoms with Crippen LogP contribution in [0.15, 0.2) is 6.07 Å². The van der Waals surface area contributed by atoms with E-state index in [0.717, 1.165) is 25.9 Å². The molecule has 1 saturated heterocycles. The van der Waals surface area contributed by atoms with E-state index in [0.29, 0.717) is 11.4 Å². The molecule has 0 spiro atoms.